The van der Waals surface area contributed by atoms with Crippen LogP contribution in [0.4, 0.5) is 5.69 Å². The van der Waals surface area contributed by atoms with Crippen LogP contribution < -0.4 is 15.0 Å². The topological polar surface area (TPSA) is 71.5 Å². The number of hydrogen-bond donors (Lipinski definition) is 1. The number of anilines is 1. The Morgan fingerprint density at radius 1 is 1.07 bits per heavy atom. The van der Waals surface area contributed by atoms with Gasteiger partial charge in [-0.05, 0) is 49.2 Å². The number of aryl methyl sites for hydroxylation is 2. The van der Waals surface area contributed by atoms with E-state index >= 15 is 0 Å². The Morgan fingerprint density at radius 2 is 1.83 bits per heavy atom. The number of ether oxygens (including phenoxy) is 1. The molecule has 6 heteroatoms. The van der Waals surface area contributed by atoms with Gasteiger partial charge in [0.25, 0.3) is 5.91 Å². The molecule has 1 aromatic heterocycles. The SMILES string of the molecule is Cc1ccc(CNC(=O)CN2C(=O)c3cccnc3Oc3ccc(C)cc32)cc1. The van der Waals surface area contributed by atoms with Crippen molar-refractivity contribution < 1.29 is 14.3 Å². The summed E-state index contributed by atoms with van der Waals surface area (Å²) >= 11 is 0. The molecule has 0 spiro atoms. The first-order valence-corrected chi connectivity index (χ1v) is 9.39. The fourth-order valence-electron chi connectivity index (χ4n) is 3.18. The van der Waals surface area contributed by atoms with E-state index in [4.69, 9.17) is 4.74 Å². The Morgan fingerprint density at radius 3 is 2.62 bits per heavy atom. The third-order valence-electron chi connectivity index (χ3n) is 4.77. The van der Waals surface area contributed by atoms with Crippen LogP contribution in [0, 0.1) is 13.8 Å². The standard InChI is InChI=1S/C23H21N3O3/c1-15-5-8-17(9-6-15)13-25-21(27)14-26-19-12-16(2)7-10-20(19)29-22-18(23(26)28)4-3-11-24-22/h3-12H,13-14H2,1-2H3,(H,25,27). The Kier molecular flexibility index (Phi) is 4.99. The lowest BCUT2D eigenvalue weighted by Crippen LogP contribution is -2.40. The normalized spacial score (nSPS) is 12.5. The van der Waals surface area contributed by atoms with Gasteiger partial charge in [0, 0.05) is 12.7 Å². The number of carbonyl (C=O) groups is 2. The maximum absolute atomic E-state index is 13.2. The Balaban J connectivity index is 1.59. The third-order valence-corrected chi connectivity index (χ3v) is 4.77. The summed E-state index contributed by atoms with van der Waals surface area (Å²) in [5.41, 5.74) is 4.00. The molecule has 1 aliphatic rings. The zero-order valence-corrected chi connectivity index (χ0v) is 16.3. The number of carbonyl (C=O) groups excluding carboxylic acids is 2. The van der Waals surface area contributed by atoms with Gasteiger partial charge >= 0.3 is 0 Å². The minimum Gasteiger partial charge on any atom is -0.436 e. The van der Waals surface area contributed by atoms with Crippen molar-refractivity contribution in [1.29, 1.82) is 0 Å². The van der Waals surface area contributed by atoms with Gasteiger partial charge in [-0.1, -0.05) is 35.9 Å². The van der Waals surface area contributed by atoms with E-state index in [0.717, 1.165) is 16.7 Å². The van der Waals surface area contributed by atoms with Crippen LogP contribution in [0.2, 0.25) is 0 Å². The maximum atomic E-state index is 13.2. The summed E-state index contributed by atoms with van der Waals surface area (Å²) < 4.78 is 5.87. The van der Waals surface area contributed by atoms with E-state index < -0.39 is 0 Å². The van der Waals surface area contributed by atoms with Crippen LogP contribution in [-0.4, -0.2) is 23.3 Å². The summed E-state index contributed by atoms with van der Waals surface area (Å²) in [5.74, 6) is 0.166. The van der Waals surface area contributed by atoms with Gasteiger partial charge in [0.1, 0.15) is 12.1 Å². The largest absolute Gasteiger partial charge is 0.436 e. The van der Waals surface area contributed by atoms with Crippen LogP contribution in [0.15, 0.2) is 60.8 Å². The fourth-order valence-corrected chi connectivity index (χ4v) is 3.18. The van der Waals surface area contributed by atoms with Gasteiger partial charge in [0.2, 0.25) is 11.8 Å². The molecule has 4 rings (SSSR count). The molecule has 146 valence electrons. The van der Waals surface area contributed by atoms with Gasteiger partial charge in [-0.15, -0.1) is 0 Å². The summed E-state index contributed by atoms with van der Waals surface area (Å²) in [7, 11) is 0. The third kappa shape index (κ3) is 3.96. The number of aromatic nitrogens is 1. The van der Waals surface area contributed by atoms with Crippen molar-refractivity contribution in [1.82, 2.24) is 10.3 Å². The van der Waals surface area contributed by atoms with Crippen LogP contribution >= 0.6 is 0 Å². The molecule has 3 aromatic rings. The monoisotopic (exact) mass is 387 g/mol. The van der Waals surface area contributed by atoms with Gasteiger partial charge in [0.15, 0.2) is 5.75 Å². The second kappa shape index (κ2) is 7.75. The highest BCUT2D eigenvalue weighted by Crippen LogP contribution is 2.38. The molecule has 0 unspecified atom stereocenters. The molecule has 1 aliphatic heterocycles. The highest BCUT2D eigenvalue weighted by atomic mass is 16.5. The van der Waals surface area contributed by atoms with Crippen molar-refractivity contribution >= 4 is 17.5 Å². The molecular weight excluding hydrogens is 366 g/mol. The first-order chi connectivity index (χ1) is 14.0. The number of amides is 2. The Bertz CT molecular complexity index is 1080. The fraction of sp³-hybridized carbons (Fsp3) is 0.174. The lowest BCUT2D eigenvalue weighted by molar-refractivity contribution is -0.119. The van der Waals surface area contributed by atoms with Crippen LogP contribution in [0.25, 0.3) is 0 Å². The van der Waals surface area contributed by atoms with E-state index in [1.165, 1.54) is 4.90 Å². The lowest BCUT2D eigenvalue weighted by Gasteiger charge is -2.22. The minimum absolute atomic E-state index is 0.112. The van der Waals surface area contributed by atoms with Gasteiger partial charge in [-0.2, -0.15) is 0 Å². The van der Waals surface area contributed by atoms with Crippen LogP contribution in [-0.2, 0) is 11.3 Å². The first-order valence-electron chi connectivity index (χ1n) is 9.39. The average molecular weight is 387 g/mol. The quantitative estimate of drug-likeness (QED) is 0.740. The van der Waals surface area contributed by atoms with Crippen LogP contribution in [0.3, 0.4) is 0 Å². The molecule has 0 saturated heterocycles. The van der Waals surface area contributed by atoms with Gasteiger partial charge < -0.3 is 10.1 Å². The van der Waals surface area contributed by atoms with Crippen LogP contribution in [0.5, 0.6) is 11.6 Å². The second-order valence-electron chi connectivity index (χ2n) is 7.08. The summed E-state index contributed by atoms with van der Waals surface area (Å²) in [6, 6.07) is 16.8. The van der Waals surface area contributed by atoms with Crippen molar-refractivity contribution in [2.24, 2.45) is 0 Å². The van der Waals surface area contributed by atoms with E-state index in [-0.39, 0.29) is 24.2 Å². The molecule has 2 heterocycles. The van der Waals surface area contributed by atoms with Crippen molar-refractivity contribution in [2.75, 3.05) is 11.4 Å². The minimum atomic E-state index is -0.317. The molecule has 2 aromatic carbocycles. The lowest BCUT2D eigenvalue weighted by atomic mass is 10.1. The molecule has 2 amide bonds. The number of nitrogens with zero attached hydrogens (tertiary/aromatic N) is 2. The molecule has 0 atom stereocenters. The van der Waals surface area contributed by atoms with Gasteiger partial charge in [-0.25, -0.2) is 4.98 Å². The number of nitrogens with one attached hydrogen (secondary N) is 1. The highest BCUT2D eigenvalue weighted by molar-refractivity contribution is 6.11. The zero-order valence-electron chi connectivity index (χ0n) is 16.3. The summed E-state index contributed by atoms with van der Waals surface area (Å²) in [6.45, 7) is 4.23. The second-order valence-corrected chi connectivity index (χ2v) is 7.08. The molecule has 29 heavy (non-hydrogen) atoms. The number of fused-ring (bicyclic) bond motifs is 2. The van der Waals surface area contributed by atoms with E-state index in [0.29, 0.717) is 23.5 Å². The predicted molar refractivity (Wildman–Crippen MR) is 110 cm³/mol. The van der Waals surface area contributed by atoms with E-state index in [1.54, 1.807) is 24.4 Å². The number of pyridine rings is 1. The summed E-state index contributed by atoms with van der Waals surface area (Å²) in [5, 5.41) is 2.89. The summed E-state index contributed by atoms with van der Waals surface area (Å²) in [4.78, 5) is 31.5. The van der Waals surface area contributed by atoms with Crippen molar-refractivity contribution in [2.45, 2.75) is 20.4 Å². The number of hydrogen-bond acceptors (Lipinski definition) is 4. The van der Waals surface area contributed by atoms with Crippen molar-refractivity contribution in [3.05, 3.63) is 83.0 Å². The molecule has 0 aliphatic carbocycles. The molecular formula is C23H21N3O3. The molecule has 0 fully saturated rings. The van der Waals surface area contributed by atoms with Crippen molar-refractivity contribution in [3.8, 4) is 11.6 Å². The first kappa shape index (κ1) is 18.7. The molecule has 1 N–H and O–H groups in total. The zero-order chi connectivity index (χ0) is 20.4. The number of benzene rings is 2. The Labute approximate surface area is 169 Å². The maximum Gasteiger partial charge on any atom is 0.264 e. The van der Waals surface area contributed by atoms with E-state index in [9.17, 15) is 9.59 Å². The van der Waals surface area contributed by atoms with Gasteiger partial charge in [0.05, 0.1) is 5.69 Å². The van der Waals surface area contributed by atoms with E-state index in [1.807, 2.05) is 50.2 Å². The molecule has 0 bridgehead atoms. The average Bonchev–Trinajstić information content (AvgIpc) is 2.83. The Hall–Kier alpha value is -3.67. The number of rotatable bonds is 4. The molecule has 0 saturated carbocycles. The van der Waals surface area contributed by atoms with Gasteiger partial charge in [-0.3, -0.25) is 14.5 Å². The smallest absolute Gasteiger partial charge is 0.264 e. The predicted octanol–water partition coefficient (Wildman–Crippen LogP) is 3.77. The van der Waals surface area contributed by atoms with Crippen molar-refractivity contribution in [3.63, 3.8) is 0 Å². The van der Waals surface area contributed by atoms with Crippen LogP contribution in [0.1, 0.15) is 27.0 Å². The molecule has 0 radical (unpaired) electrons. The summed E-state index contributed by atoms with van der Waals surface area (Å²) in [6.07, 6.45) is 1.57. The highest BCUT2D eigenvalue weighted by Gasteiger charge is 2.30. The van der Waals surface area contributed by atoms with E-state index in [2.05, 4.69) is 10.3 Å². The molecule has 6 nitrogen and oxygen atoms in total.